The summed E-state index contributed by atoms with van der Waals surface area (Å²) in [7, 11) is 0. The summed E-state index contributed by atoms with van der Waals surface area (Å²) in [5, 5.41) is 10.8. The van der Waals surface area contributed by atoms with E-state index >= 15 is 0 Å². The molecule has 0 fully saturated rings. The van der Waals surface area contributed by atoms with Crippen LogP contribution in [0, 0.1) is 6.92 Å². The van der Waals surface area contributed by atoms with E-state index in [0.29, 0.717) is 6.54 Å². The Balaban J connectivity index is 1.99. The zero-order chi connectivity index (χ0) is 18.1. The van der Waals surface area contributed by atoms with Gasteiger partial charge in [-0.1, -0.05) is 19.0 Å². The molecule has 2 aromatic heterocycles. The summed E-state index contributed by atoms with van der Waals surface area (Å²) >= 11 is 0. The minimum Gasteiger partial charge on any atom is -0.361 e. The first-order valence-corrected chi connectivity index (χ1v) is 9.07. The fourth-order valence-corrected chi connectivity index (χ4v) is 2.71. The average molecular weight is 343 g/mol. The lowest BCUT2D eigenvalue weighted by molar-refractivity contribution is 0.380. The van der Waals surface area contributed by atoms with Crippen LogP contribution in [0.2, 0.25) is 0 Å². The third-order valence-electron chi connectivity index (χ3n) is 4.17. The van der Waals surface area contributed by atoms with Gasteiger partial charge in [0.25, 0.3) is 0 Å². The van der Waals surface area contributed by atoms with Crippen molar-refractivity contribution < 1.29 is 4.52 Å². The zero-order valence-corrected chi connectivity index (χ0v) is 15.7. The standard InChI is InChI=1S/C19H29N5O/c1-5-17-16(18(6-2)25-24-17)13-23-19(21-7-3)22-11-9-15-8-10-20-12-14(15)4/h8,10,12H,5-7,9,11,13H2,1-4H3,(H2,21,22,23). The maximum Gasteiger partial charge on any atom is 0.191 e. The molecule has 0 saturated heterocycles. The Hall–Kier alpha value is -2.37. The van der Waals surface area contributed by atoms with E-state index in [1.165, 1.54) is 11.1 Å². The summed E-state index contributed by atoms with van der Waals surface area (Å²) in [5.74, 6) is 1.75. The van der Waals surface area contributed by atoms with Crippen molar-refractivity contribution in [3.05, 3.63) is 46.6 Å². The molecule has 2 heterocycles. The van der Waals surface area contributed by atoms with Gasteiger partial charge < -0.3 is 15.2 Å². The van der Waals surface area contributed by atoms with Crippen molar-refractivity contribution >= 4 is 5.96 Å². The molecule has 6 nitrogen and oxygen atoms in total. The molecule has 0 aromatic carbocycles. The van der Waals surface area contributed by atoms with E-state index in [4.69, 9.17) is 9.52 Å². The highest BCUT2D eigenvalue weighted by Crippen LogP contribution is 2.16. The summed E-state index contributed by atoms with van der Waals surface area (Å²) in [6.45, 7) is 10.6. The lowest BCUT2D eigenvalue weighted by Crippen LogP contribution is -2.38. The van der Waals surface area contributed by atoms with Gasteiger partial charge in [-0.05, 0) is 43.9 Å². The highest BCUT2D eigenvalue weighted by Gasteiger charge is 2.13. The molecule has 0 aliphatic rings. The lowest BCUT2D eigenvalue weighted by atomic mass is 10.1. The van der Waals surface area contributed by atoms with Crippen LogP contribution in [0.15, 0.2) is 28.0 Å². The molecule has 6 heteroatoms. The molecule has 25 heavy (non-hydrogen) atoms. The third-order valence-corrected chi connectivity index (χ3v) is 4.17. The first-order valence-electron chi connectivity index (χ1n) is 9.07. The normalized spacial score (nSPS) is 11.6. The zero-order valence-electron chi connectivity index (χ0n) is 15.7. The molecule has 2 rings (SSSR count). The number of hydrogen-bond acceptors (Lipinski definition) is 4. The van der Waals surface area contributed by atoms with Gasteiger partial charge in [0.2, 0.25) is 0 Å². The first-order chi connectivity index (χ1) is 12.2. The maximum absolute atomic E-state index is 5.41. The van der Waals surface area contributed by atoms with E-state index < -0.39 is 0 Å². The van der Waals surface area contributed by atoms with Crippen LogP contribution < -0.4 is 10.6 Å². The molecular formula is C19H29N5O. The largest absolute Gasteiger partial charge is 0.361 e. The molecule has 0 amide bonds. The Bertz CT molecular complexity index is 671. The molecule has 136 valence electrons. The predicted octanol–water partition coefficient (Wildman–Crippen LogP) is 2.80. The van der Waals surface area contributed by atoms with Gasteiger partial charge in [0.05, 0.1) is 12.2 Å². The number of rotatable bonds is 8. The van der Waals surface area contributed by atoms with Crippen LogP contribution in [-0.4, -0.2) is 29.2 Å². The monoisotopic (exact) mass is 343 g/mol. The number of hydrogen-bond donors (Lipinski definition) is 2. The second-order valence-electron chi connectivity index (χ2n) is 5.91. The van der Waals surface area contributed by atoms with Crippen molar-refractivity contribution in [2.75, 3.05) is 13.1 Å². The van der Waals surface area contributed by atoms with Crippen molar-refractivity contribution in [1.29, 1.82) is 0 Å². The Kier molecular flexibility index (Phi) is 7.44. The summed E-state index contributed by atoms with van der Waals surface area (Å²) in [4.78, 5) is 8.85. The Morgan fingerprint density at radius 1 is 1.20 bits per heavy atom. The van der Waals surface area contributed by atoms with Crippen molar-refractivity contribution in [3.63, 3.8) is 0 Å². The molecule has 0 unspecified atom stereocenters. The van der Waals surface area contributed by atoms with Gasteiger partial charge in [-0.2, -0.15) is 0 Å². The number of aryl methyl sites for hydroxylation is 3. The van der Waals surface area contributed by atoms with Crippen LogP contribution >= 0.6 is 0 Å². The van der Waals surface area contributed by atoms with Gasteiger partial charge in [0, 0.05) is 37.5 Å². The minimum absolute atomic E-state index is 0.583. The van der Waals surface area contributed by atoms with E-state index in [2.05, 4.69) is 54.5 Å². The first kappa shape index (κ1) is 19.0. The quantitative estimate of drug-likeness (QED) is 0.569. The molecule has 2 N–H and O–H groups in total. The van der Waals surface area contributed by atoms with Crippen LogP contribution in [0.3, 0.4) is 0 Å². The van der Waals surface area contributed by atoms with E-state index in [9.17, 15) is 0 Å². The van der Waals surface area contributed by atoms with Crippen LogP contribution in [0.25, 0.3) is 0 Å². The molecule has 0 atom stereocenters. The summed E-state index contributed by atoms with van der Waals surface area (Å²) < 4.78 is 5.41. The highest BCUT2D eigenvalue weighted by molar-refractivity contribution is 5.79. The van der Waals surface area contributed by atoms with E-state index in [1.807, 2.05) is 12.4 Å². The number of aromatic nitrogens is 2. The second-order valence-corrected chi connectivity index (χ2v) is 5.91. The SMILES string of the molecule is CCNC(=NCc1c(CC)noc1CC)NCCc1ccncc1C. The van der Waals surface area contributed by atoms with Crippen LogP contribution in [-0.2, 0) is 25.8 Å². The van der Waals surface area contributed by atoms with Crippen LogP contribution in [0.5, 0.6) is 0 Å². The molecule has 0 aliphatic heterocycles. The van der Waals surface area contributed by atoms with E-state index in [0.717, 1.165) is 55.3 Å². The fourth-order valence-electron chi connectivity index (χ4n) is 2.71. The number of pyridine rings is 1. The van der Waals surface area contributed by atoms with Crippen molar-refractivity contribution in [2.45, 2.75) is 53.5 Å². The van der Waals surface area contributed by atoms with Crippen molar-refractivity contribution in [3.8, 4) is 0 Å². The Morgan fingerprint density at radius 3 is 2.72 bits per heavy atom. The smallest absolute Gasteiger partial charge is 0.191 e. The highest BCUT2D eigenvalue weighted by atomic mass is 16.5. The minimum atomic E-state index is 0.583. The van der Waals surface area contributed by atoms with Crippen molar-refractivity contribution in [1.82, 2.24) is 20.8 Å². The van der Waals surface area contributed by atoms with Crippen molar-refractivity contribution in [2.24, 2.45) is 4.99 Å². The molecule has 2 aromatic rings. The summed E-state index contributed by atoms with van der Waals surface area (Å²) in [5.41, 5.74) is 4.64. The molecule has 0 spiro atoms. The van der Waals surface area contributed by atoms with Gasteiger partial charge in [0.1, 0.15) is 5.76 Å². The van der Waals surface area contributed by atoms with Gasteiger partial charge in [-0.25, -0.2) is 4.99 Å². The van der Waals surface area contributed by atoms with Gasteiger partial charge >= 0.3 is 0 Å². The molecule has 0 aliphatic carbocycles. The average Bonchev–Trinajstić information content (AvgIpc) is 3.03. The summed E-state index contributed by atoms with van der Waals surface area (Å²) in [6.07, 6.45) is 6.38. The number of nitrogens with one attached hydrogen (secondary N) is 2. The Morgan fingerprint density at radius 2 is 2.04 bits per heavy atom. The molecule has 0 saturated carbocycles. The third kappa shape index (κ3) is 5.31. The van der Waals surface area contributed by atoms with Gasteiger partial charge in [0.15, 0.2) is 5.96 Å². The summed E-state index contributed by atoms with van der Waals surface area (Å²) in [6, 6.07) is 2.07. The molecule has 0 radical (unpaired) electrons. The maximum atomic E-state index is 5.41. The van der Waals surface area contributed by atoms with Gasteiger partial charge in [-0.15, -0.1) is 0 Å². The second kappa shape index (κ2) is 9.81. The molecule has 0 bridgehead atoms. The van der Waals surface area contributed by atoms with Gasteiger partial charge in [-0.3, -0.25) is 4.98 Å². The van der Waals surface area contributed by atoms with E-state index in [-0.39, 0.29) is 0 Å². The van der Waals surface area contributed by atoms with Crippen LogP contribution in [0.1, 0.15) is 48.9 Å². The van der Waals surface area contributed by atoms with Crippen LogP contribution in [0.4, 0.5) is 0 Å². The fraction of sp³-hybridized carbons (Fsp3) is 0.526. The Labute approximate surface area is 150 Å². The number of guanidine groups is 1. The van der Waals surface area contributed by atoms with E-state index in [1.54, 1.807) is 0 Å². The number of aliphatic imine (C=N–C) groups is 1. The molecular weight excluding hydrogens is 314 g/mol. The topological polar surface area (TPSA) is 75.3 Å². The number of nitrogens with zero attached hydrogens (tertiary/aromatic N) is 3. The predicted molar refractivity (Wildman–Crippen MR) is 101 cm³/mol. The lowest BCUT2D eigenvalue weighted by Gasteiger charge is -2.12.